The number of nitrogens with zero attached hydrogens (tertiary/aromatic N) is 1. The lowest BCUT2D eigenvalue weighted by Crippen LogP contribution is -2.37. The van der Waals surface area contributed by atoms with Crippen molar-refractivity contribution < 1.29 is 14.3 Å². The van der Waals surface area contributed by atoms with Gasteiger partial charge >= 0.3 is 5.97 Å². The van der Waals surface area contributed by atoms with E-state index in [0.717, 1.165) is 25.9 Å². The van der Waals surface area contributed by atoms with Crippen molar-refractivity contribution in [1.82, 2.24) is 5.32 Å². The Kier molecular flexibility index (Phi) is 6.51. The number of anilines is 1. The number of rotatable bonds is 8. The molecule has 0 spiro atoms. The van der Waals surface area contributed by atoms with E-state index in [-0.39, 0.29) is 11.9 Å². The van der Waals surface area contributed by atoms with Crippen LogP contribution in [0.15, 0.2) is 66.7 Å². The minimum absolute atomic E-state index is 0.233. The largest absolute Gasteiger partial charge is 0.464 e. The van der Waals surface area contributed by atoms with Crippen LogP contribution in [0.3, 0.4) is 0 Å². The molecule has 0 radical (unpaired) electrons. The Morgan fingerprint density at radius 3 is 2.58 bits per heavy atom. The van der Waals surface area contributed by atoms with Crippen LogP contribution in [0.4, 0.5) is 5.69 Å². The Hall–Kier alpha value is -3.34. The molecule has 1 atom stereocenters. The van der Waals surface area contributed by atoms with Crippen molar-refractivity contribution in [1.29, 1.82) is 0 Å². The highest BCUT2D eigenvalue weighted by molar-refractivity contribution is 5.97. The number of amides is 1. The van der Waals surface area contributed by atoms with E-state index in [2.05, 4.69) is 59.6 Å². The summed E-state index contributed by atoms with van der Waals surface area (Å²) in [6.07, 6.45) is 2.50. The quantitative estimate of drug-likeness (QED) is 0.555. The number of carbonyl (C=O) groups is 2. The first-order chi connectivity index (χ1) is 15.2. The molecule has 0 unspecified atom stereocenters. The molecule has 1 fully saturated rings. The highest BCUT2D eigenvalue weighted by Gasteiger charge is 2.28. The SMILES string of the molecule is CCN(CCCc1ccc(C(=O)N[C@@H]2CCOC2=O)cc1)c1cccc2ccccc12. The number of aryl methyl sites for hydroxylation is 1. The summed E-state index contributed by atoms with van der Waals surface area (Å²) in [4.78, 5) is 26.3. The van der Waals surface area contributed by atoms with Crippen LogP contribution < -0.4 is 10.2 Å². The summed E-state index contributed by atoms with van der Waals surface area (Å²) < 4.78 is 4.89. The number of nitrogens with one attached hydrogen (secondary N) is 1. The summed E-state index contributed by atoms with van der Waals surface area (Å²) in [6, 6.07) is 22.1. The van der Waals surface area contributed by atoms with Crippen LogP contribution in [0.25, 0.3) is 10.8 Å². The normalized spacial score (nSPS) is 15.6. The van der Waals surface area contributed by atoms with Gasteiger partial charge in [0.05, 0.1) is 6.61 Å². The fourth-order valence-corrected chi connectivity index (χ4v) is 4.10. The van der Waals surface area contributed by atoms with E-state index in [1.54, 1.807) is 0 Å². The Morgan fingerprint density at radius 1 is 1.06 bits per heavy atom. The molecule has 1 aliphatic heterocycles. The maximum atomic E-state index is 12.3. The average molecular weight is 417 g/mol. The molecule has 1 N–H and O–H groups in total. The van der Waals surface area contributed by atoms with Crippen molar-refractivity contribution in [2.45, 2.75) is 32.2 Å². The molecule has 1 saturated heterocycles. The van der Waals surface area contributed by atoms with E-state index >= 15 is 0 Å². The monoisotopic (exact) mass is 416 g/mol. The fraction of sp³-hybridized carbons (Fsp3) is 0.308. The van der Waals surface area contributed by atoms with Crippen LogP contribution in [0.2, 0.25) is 0 Å². The van der Waals surface area contributed by atoms with Gasteiger partial charge in [0.25, 0.3) is 5.91 Å². The van der Waals surface area contributed by atoms with Gasteiger partial charge in [0.15, 0.2) is 0 Å². The third kappa shape index (κ3) is 4.88. The van der Waals surface area contributed by atoms with Gasteiger partial charge < -0.3 is 15.0 Å². The van der Waals surface area contributed by atoms with Gasteiger partial charge in [0, 0.05) is 36.1 Å². The Morgan fingerprint density at radius 2 is 1.84 bits per heavy atom. The zero-order chi connectivity index (χ0) is 21.6. The van der Waals surface area contributed by atoms with Crippen molar-refractivity contribution in [3.8, 4) is 0 Å². The Bertz CT molecular complexity index is 1060. The molecule has 3 aromatic rings. The van der Waals surface area contributed by atoms with E-state index in [1.807, 2.05) is 24.3 Å². The number of carbonyl (C=O) groups excluding carboxylic acids is 2. The molecule has 4 rings (SSSR count). The molecule has 31 heavy (non-hydrogen) atoms. The lowest BCUT2D eigenvalue weighted by molar-refractivity contribution is -0.139. The first-order valence-electron chi connectivity index (χ1n) is 10.9. The van der Waals surface area contributed by atoms with Crippen molar-refractivity contribution in [2.75, 3.05) is 24.6 Å². The molecule has 1 heterocycles. The van der Waals surface area contributed by atoms with E-state index in [1.165, 1.54) is 22.0 Å². The minimum atomic E-state index is -0.527. The molecule has 5 heteroatoms. The predicted molar refractivity (Wildman–Crippen MR) is 123 cm³/mol. The van der Waals surface area contributed by atoms with E-state index < -0.39 is 6.04 Å². The molecular weight excluding hydrogens is 388 g/mol. The molecule has 5 nitrogen and oxygen atoms in total. The maximum absolute atomic E-state index is 12.3. The number of esters is 1. The lowest BCUT2D eigenvalue weighted by Gasteiger charge is -2.25. The second-order valence-electron chi connectivity index (χ2n) is 7.86. The molecular formula is C26H28N2O3. The van der Waals surface area contributed by atoms with Gasteiger partial charge in [-0.1, -0.05) is 48.5 Å². The molecule has 0 aromatic heterocycles. The summed E-state index contributed by atoms with van der Waals surface area (Å²) in [6.45, 7) is 4.48. The summed E-state index contributed by atoms with van der Waals surface area (Å²) in [5.74, 6) is -0.583. The molecule has 0 bridgehead atoms. The van der Waals surface area contributed by atoms with Gasteiger partial charge in [-0.15, -0.1) is 0 Å². The standard InChI is InChI=1S/C26H28N2O3/c1-2-28(24-11-5-9-20-8-3-4-10-22(20)24)17-6-7-19-12-14-21(15-13-19)25(29)27-23-16-18-31-26(23)30/h3-5,8-15,23H,2,6-7,16-18H2,1H3,(H,27,29)/t23-/m1/s1. The molecule has 1 aliphatic rings. The Labute approximate surface area is 183 Å². The molecule has 0 saturated carbocycles. The maximum Gasteiger partial charge on any atom is 0.328 e. The van der Waals surface area contributed by atoms with E-state index in [0.29, 0.717) is 18.6 Å². The predicted octanol–water partition coefficient (Wildman–Crippen LogP) is 4.34. The topological polar surface area (TPSA) is 58.6 Å². The van der Waals surface area contributed by atoms with Crippen LogP contribution in [0.5, 0.6) is 0 Å². The van der Waals surface area contributed by atoms with Gasteiger partial charge in [0.2, 0.25) is 0 Å². The van der Waals surface area contributed by atoms with Crippen molar-refractivity contribution >= 4 is 28.3 Å². The van der Waals surface area contributed by atoms with Gasteiger partial charge in [-0.2, -0.15) is 0 Å². The number of cyclic esters (lactones) is 1. The number of fused-ring (bicyclic) bond motifs is 1. The highest BCUT2D eigenvalue weighted by atomic mass is 16.5. The van der Waals surface area contributed by atoms with E-state index in [9.17, 15) is 9.59 Å². The fourth-order valence-electron chi connectivity index (χ4n) is 4.10. The molecule has 3 aromatic carbocycles. The summed E-state index contributed by atoms with van der Waals surface area (Å²) in [7, 11) is 0. The van der Waals surface area contributed by atoms with Gasteiger partial charge in [-0.05, 0) is 48.9 Å². The first kappa shape index (κ1) is 20.9. The van der Waals surface area contributed by atoms with Crippen molar-refractivity contribution in [3.05, 3.63) is 77.9 Å². The zero-order valence-corrected chi connectivity index (χ0v) is 17.8. The minimum Gasteiger partial charge on any atom is -0.464 e. The second kappa shape index (κ2) is 9.65. The number of benzene rings is 3. The number of ether oxygens (including phenoxy) is 1. The van der Waals surface area contributed by atoms with Crippen LogP contribution in [0, 0.1) is 0 Å². The third-order valence-corrected chi connectivity index (χ3v) is 5.84. The third-order valence-electron chi connectivity index (χ3n) is 5.84. The first-order valence-corrected chi connectivity index (χ1v) is 10.9. The van der Waals surface area contributed by atoms with Gasteiger partial charge in [0.1, 0.15) is 6.04 Å². The molecule has 160 valence electrons. The van der Waals surface area contributed by atoms with Crippen LogP contribution in [0.1, 0.15) is 35.7 Å². The van der Waals surface area contributed by atoms with Crippen molar-refractivity contribution in [2.24, 2.45) is 0 Å². The van der Waals surface area contributed by atoms with Crippen LogP contribution in [-0.4, -0.2) is 37.6 Å². The summed E-state index contributed by atoms with van der Waals surface area (Å²) in [5, 5.41) is 5.29. The number of hydrogen-bond acceptors (Lipinski definition) is 4. The van der Waals surface area contributed by atoms with Crippen LogP contribution >= 0.6 is 0 Å². The zero-order valence-electron chi connectivity index (χ0n) is 17.8. The molecule has 1 amide bonds. The summed E-state index contributed by atoms with van der Waals surface area (Å²) >= 11 is 0. The van der Waals surface area contributed by atoms with E-state index in [4.69, 9.17) is 4.74 Å². The second-order valence-corrected chi connectivity index (χ2v) is 7.86. The lowest BCUT2D eigenvalue weighted by atomic mass is 10.1. The average Bonchev–Trinajstić information content (AvgIpc) is 3.21. The number of hydrogen-bond donors (Lipinski definition) is 1. The van der Waals surface area contributed by atoms with Gasteiger partial charge in [-0.25, -0.2) is 4.79 Å². The molecule has 0 aliphatic carbocycles. The summed E-state index contributed by atoms with van der Waals surface area (Å²) in [5.41, 5.74) is 3.04. The van der Waals surface area contributed by atoms with Crippen molar-refractivity contribution in [3.63, 3.8) is 0 Å². The smallest absolute Gasteiger partial charge is 0.328 e. The van der Waals surface area contributed by atoms with Crippen LogP contribution in [-0.2, 0) is 16.0 Å². The van der Waals surface area contributed by atoms with Gasteiger partial charge in [-0.3, -0.25) is 4.79 Å². The highest BCUT2D eigenvalue weighted by Crippen LogP contribution is 2.26. The Balaban J connectivity index is 1.33.